The van der Waals surface area contributed by atoms with Crippen molar-refractivity contribution in [1.82, 2.24) is 9.78 Å². The number of hydrogen-bond acceptors (Lipinski definition) is 3. The van der Waals surface area contributed by atoms with Crippen molar-refractivity contribution < 1.29 is 26.1 Å². The Hall–Kier alpha value is -2.65. The molecule has 9 heteroatoms. The fraction of sp³-hybridized carbons (Fsp3) is 0.211. The average molecular weight is 410 g/mol. The van der Waals surface area contributed by atoms with Crippen LogP contribution in [0.5, 0.6) is 0 Å². The number of aromatic nitrogens is 2. The monoisotopic (exact) mass is 410 g/mol. The van der Waals surface area contributed by atoms with Crippen molar-refractivity contribution in [1.29, 1.82) is 0 Å². The van der Waals surface area contributed by atoms with Gasteiger partial charge in [0.25, 0.3) is 10.1 Å². The van der Waals surface area contributed by atoms with E-state index in [1.54, 1.807) is 54.6 Å². The molecule has 3 rings (SSSR count). The first-order valence-corrected chi connectivity index (χ1v) is 10.0. The number of halogens is 3. The molecular weight excluding hydrogens is 393 g/mol. The summed E-state index contributed by atoms with van der Waals surface area (Å²) in [4.78, 5) is 0. The molecule has 148 valence electrons. The maximum atomic E-state index is 13.2. The molecule has 1 aromatic heterocycles. The molecule has 0 saturated carbocycles. The van der Waals surface area contributed by atoms with Crippen LogP contribution >= 0.6 is 0 Å². The van der Waals surface area contributed by atoms with Crippen LogP contribution in [0.2, 0.25) is 0 Å². The van der Waals surface area contributed by atoms with Crippen molar-refractivity contribution >= 4 is 10.1 Å². The Balaban J connectivity index is 1.91. The third-order valence-corrected chi connectivity index (χ3v) is 4.92. The summed E-state index contributed by atoms with van der Waals surface area (Å²) < 4.78 is 71.0. The summed E-state index contributed by atoms with van der Waals surface area (Å²) in [5.74, 6) is -0.346. The van der Waals surface area contributed by atoms with Gasteiger partial charge in [-0.3, -0.25) is 4.55 Å². The van der Waals surface area contributed by atoms with E-state index in [2.05, 4.69) is 5.10 Å². The summed E-state index contributed by atoms with van der Waals surface area (Å²) in [6, 6.07) is 16.3. The maximum absolute atomic E-state index is 13.2. The van der Waals surface area contributed by atoms with E-state index >= 15 is 0 Å². The van der Waals surface area contributed by atoms with E-state index in [-0.39, 0.29) is 12.2 Å². The first kappa shape index (κ1) is 20.1. The van der Waals surface area contributed by atoms with Crippen LogP contribution in [0.3, 0.4) is 0 Å². The van der Waals surface area contributed by atoms with Crippen LogP contribution in [0.15, 0.2) is 60.7 Å². The first-order chi connectivity index (χ1) is 13.1. The van der Waals surface area contributed by atoms with Crippen molar-refractivity contribution in [3.8, 4) is 16.9 Å². The summed E-state index contributed by atoms with van der Waals surface area (Å²) in [6.07, 6.45) is -3.91. The Morgan fingerprint density at radius 1 is 1.00 bits per heavy atom. The van der Waals surface area contributed by atoms with Crippen molar-refractivity contribution in [3.63, 3.8) is 0 Å². The number of alkyl halides is 3. The second kappa shape index (κ2) is 7.76. The third kappa shape index (κ3) is 4.99. The Morgan fingerprint density at radius 2 is 1.64 bits per heavy atom. The molecule has 0 aliphatic carbocycles. The minimum absolute atomic E-state index is 0.243. The zero-order valence-corrected chi connectivity index (χ0v) is 15.4. The molecule has 3 aromatic rings. The smallest absolute Gasteiger partial charge is 0.286 e. The highest BCUT2D eigenvalue weighted by Crippen LogP contribution is 2.33. The lowest BCUT2D eigenvalue weighted by Crippen LogP contribution is -2.07. The van der Waals surface area contributed by atoms with Gasteiger partial charge in [0, 0.05) is 5.56 Å². The van der Waals surface area contributed by atoms with E-state index in [9.17, 15) is 21.6 Å². The topological polar surface area (TPSA) is 72.2 Å². The Morgan fingerprint density at radius 3 is 2.21 bits per heavy atom. The lowest BCUT2D eigenvalue weighted by Gasteiger charge is -2.09. The number of rotatable bonds is 6. The lowest BCUT2D eigenvalue weighted by molar-refractivity contribution is -0.141. The molecule has 0 radical (unpaired) electrons. The highest BCUT2D eigenvalue weighted by atomic mass is 32.2. The van der Waals surface area contributed by atoms with Crippen LogP contribution in [0.4, 0.5) is 13.2 Å². The van der Waals surface area contributed by atoms with E-state index in [4.69, 9.17) is 4.55 Å². The molecule has 0 saturated heterocycles. The summed E-state index contributed by atoms with van der Waals surface area (Å²) in [5, 5.41) is 3.73. The quantitative estimate of drug-likeness (QED) is 0.612. The van der Waals surface area contributed by atoms with Crippen molar-refractivity contribution in [2.75, 3.05) is 5.75 Å². The molecule has 1 heterocycles. The maximum Gasteiger partial charge on any atom is 0.435 e. The molecule has 0 atom stereocenters. The minimum Gasteiger partial charge on any atom is -0.286 e. The fourth-order valence-corrected chi connectivity index (χ4v) is 3.30. The predicted molar refractivity (Wildman–Crippen MR) is 98.7 cm³/mol. The lowest BCUT2D eigenvalue weighted by atomic mass is 10.1. The highest BCUT2D eigenvalue weighted by molar-refractivity contribution is 7.85. The standard InChI is InChI=1S/C19H17F3N2O3S/c20-19(21,22)18-13-17(15-6-2-1-3-7-15)24(23-18)16-10-8-14(9-11-16)5-4-12-28(25,26)27/h1-3,6-11,13H,4-5,12H2,(H,25,26,27). The largest absolute Gasteiger partial charge is 0.435 e. The van der Waals surface area contributed by atoms with Crippen molar-refractivity contribution in [2.24, 2.45) is 0 Å². The SMILES string of the molecule is O=S(=O)(O)CCCc1ccc(-n2nc(C(F)(F)F)cc2-c2ccccc2)cc1. The molecule has 2 aromatic carbocycles. The van der Waals surface area contributed by atoms with Gasteiger partial charge in [-0.2, -0.15) is 26.7 Å². The van der Waals surface area contributed by atoms with Gasteiger partial charge in [0.2, 0.25) is 0 Å². The minimum atomic E-state index is -4.56. The van der Waals surface area contributed by atoms with Crippen LogP contribution in [-0.4, -0.2) is 28.5 Å². The Labute approximate surface area is 160 Å². The molecule has 0 bridgehead atoms. The highest BCUT2D eigenvalue weighted by Gasteiger charge is 2.35. The molecule has 28 heavy (non-hydrogen) atoms. The second-order valence-electron chi connectivity index (χ2n) is 6.25. The van der Waals surface area contributed by atoms with Gasteiger partial charge >= 0.3 is 6.18 Å². The first-order valence-electron chi connectivity index (χ1n) is 8.41. The van der Waals surface area contributed by atoms with Crippen LogP contribution in [0.1, 0.15) is 17.7 Å². The van der Waals surface area contributed by atoms with Crippen LogP contribution in [0, 0.1) is 0 Å². The number of benzene rings is 2. The molecule has 0 aliphatic rings. The molecule has 1 N–H and O–H groups in total. The molecule has 0 amide bonds. The Bertz CT molecular complexity index is 1040. The molecule has 0 unspecified atom stereocenters. The van der Waals surface area contributed by atoms with E-state index in [1.807, 2.05) is 0 Å². The molecular formula is C19H17F3N2O3S. The molecule has 0 aliphatic heterocycles. The van der Waals surface area contributed by atoms with Crippen molar-refractivity contribution in [3.05, 3.63) is 71.9 Å². The molecule has 0 spiro atoms. The van der Waals surface area contributed by atoms with E-state index in [0.717, 1.165) is 11.6 Å². The summed E-state index contributed by atoms with van der Waals surface area (Å²) in [7, 11) is -4.01. The van der Waals surface area contributed by atoms with E-state index in [1.165, 1.54) is 4.68 Å². The van der Waals surface area contributed by atoms with Gasteiger partial charge in [0.15, 0.2) is 5.69 Å². The Kier molecular flexibility index (Phi) is 5.57. The number of hydrogen-bond donors (Lipinski definition) is 1. The second-order valence-corrected chi connectivity index (χ2v) is 7.82. The van der Waals surface area contributed by atoms with Gasteiger partial charge in [-0.1, -0.05) is 42.5 Å². The third-order valence-electron chi connectivity index (χ3n) is 4.12. The summed E-state index contributed by atoms with van der Waals surface area (Å²) >= 11 is 0. The van der Waals surface area contributed by atoms with E-state index < -0.39 is 22.0 Å². The van der Waals surface area contributed by atoms with Crippen LogP contribution in [0.25, 0.3) is 16.9 Å². The van der Waals surface area contributed by atoms with Gasteiger partial charge < -0.3 is 0 Å². The molecule has 0 fully saturated rings. The van der Waals surface area contributed by atoms with Crippen LogP contribution < -0.4 is 0 Å². The summed E-state index contributed by atoms with van der Waals surface area (Å²) in [5.41, 5.74) is 1.18. The molecule has 5 nitrogen and oxygen atoms in total. The summed E-state index contributed by atoms with van der Waals surface area (Å²) in [6.45, 7) is 0. The van der Waals surface area contributed by atoms with Crippen LogP contribution in [-0.2, 0) is 22.7 Å². The van der Waals surface area contributed by atoms with Gasteiger partial charge in [0.1, 0.15) is 0 Å². The van der Waals surface area contributed by atoms with Crippen molar-refractivity contribution in [2.45, 2.75) is 19.0 Å². The number of aryl methyl sites for hydroxylation is 1. The van der Waals surface area contributed by atoms with Gasteiger partial charge in [0.05, 0.1) is 17.1 Å². The zero-order valence-electron chi connectivity index (χ0n) is 14.6. The van der Waals surface area contributed by atoms with Gasteiger partial charge in [-0.25, -0.2) is 4.68 Å². The normalized spacial score (nSPS) is 12.3. The predicted octanol–water partition coefficient (Wildman–Crippen LogP) is 4.38. The van der Waals surface area contributed by atoms with Gasteiger partial charge in [-0.05, 0) is 36.6 Å². The zero-order chi connectivity index (χ0) is 20.4. The average Bonchev–Trinajstić information content (AvgIpc) is 3.08. The van der Waals surface area contributed by atoms with Gasteiger partial charge in [-0.15, -0.1) is 0 Å². The van der Waals surface area contributed by atoms with E-state index in [0.29, 0.717) is 23.4 Å². The number of nitrogens with zero attached hydrogens (tertiary/aromatic N) is 2. The fourth-order valence-electron chi connectivity index (χ4n) is 2.79.